The first-order valence-electron chi connectivity index (χ1n) is 6.46. The molecule has 2 unspecified atom stereocenters. The summed E-state index contributed by atoms with van der Waals surface area (Å²) in [5.41, 5.74) is 5.38. The molecule has 0 spiro atoms. The molecule has 6 nitrogen and oxygen atoms in total. The van der Waals surface area contributed by atoms with Crippen LogP contribution in [0.5, 0.6) is 0 Å². The van der Waals surface area contributed by atoms with Gasteiger partial charge < -0.3 is 20.7 Å². The molecule has 1 amide bonds. The molecule has 1 rings (SSSR count). The number of carbonyl (C=O) groups excluding carboxylic acids is 1. The van der Waals surface area contributed by atoms with Gasteiger partial charge in [0.15, 0.2) is 5.96 Å². The van der Waals surface area contributed by atoms with Crippen LogP contribution in [0.2, 0.25) is 0 Å². The average Bonchev–Trinajstić information content (AvgIpc) is 2.31. The first-order valence-corrected chi connectivity index (χ1v) is 6.46. The van der Waals surface area contributed by atoms with Gasteiger partial charge >= 0.3 is 0 Å². The van der Waals surface area contributed by atoms with E-state index in [1.165, 1.54) is 0 Å². The Morgan fingerprint density at radius 2 is 2.28 bits per heavy atom. The maximum absolute atomic E-state index is 12.2. The normalized spacial score (nSPS) is 23.8. The molecule has 1 heterocycles. The minimum absolute atomic E-state index is 0.0224. The monoisotopic (exact) mass is 256 g/mol. The van der Waals surface area contributed by atoms with Crippen LogP contribution in [-0.2, 0) is 9.53 Å². The van der Waals surface area contributed by atoms with Crippen molar-refractivity contribution in [3.8, 4) is 0 Å². The van der Waals surface area contributed by atoms with Crippen molar-refractivity contribution in [3.63, 3.8) is 0 Å². The highest BCUT2D eigenvalue weighted by molar-refractivity contribution is 5.79. The molecule has 6 heteroatoms. The molecule has 0 bridgehead atoms. The average molecular weight is 256 g/mol. The first-order chi connectivity index (χ1) is 8.47. The smallest absolute Gasteiger partial charge is 0.225 e. The van der Waals surface area contributed by atoms with Crippen molar-refractivity contribution in [1.82, 2.24) is 10.2 Å². The number of guanidine groups is 1. The molecule has 0 aliphatic carbocycles. The van der Waals surface area contributed by atoms with Gasteiger partial charge in [-0.15, -0.1) is 0 Å². The highest BCUT2D eigenvalue weighted by Crippen LogP contribution is 2.17. The van der Waals surface area contributed by atoms with Crippen LogP contribution in [0.4, 0.5) is 0 Å². The number of likely N-dealkylation sites (N-methyl/N-ethyl adjacent to an activating group) is 1. The van der Waals surface area contributed by atoms with E-state index in [0.717, 1.165) is 6.42 Å². The molecular formula is C12H24N4O2. The third kappa shape index (κ3) is 3.60. The second kappa shape index (κ2) is 6.58. The van der Waals surface area contributed by atoms with Crippen molar-refractivity contribution in [2.75, 3.05) is 19.8 Å². The molecule has 4 N–H and O–H groups in total. The highest BCUT2D eigenvalue weighted by atomic mass is 16.5. The van der Waals surface area contributed by atoms with E-state index in [1.807, 2.05) is 25.7 Å². The SMILES string of the molecule is CCN(C(=O)C(C)C)C1CCOCC1NC(=N)N. The van der Waals surface area contributed by atoms with Crippen molar-refractivity contribution in [1.29, 1.82) is 5.41 Å². The number of nitrogens with two attached hydrogens (primary N) is 1. The summed E-state index contributed by atoms with van der Waals surface area (Å²) in [5, 5.41) is 10.2. The summed E-state index contributed by atoms with van der Waals surface area (Å²) in [6, 6.07) is -0.0542. The number of ether oxygens (including phenoxy) is 1. The van der Waals surface area contributed by atoms with Gasteiger partial charge in [0.25, 0.3) is 0 Å². The molecule has 1 aliphatic rings. The number of amides is 1. The summed E-state index contributed by atoms with van der Waals surface area (Å²) in [7, 11) is 0. The van der Waals surface area contributed by atoms with Crippen LogP contribution in [-0.4, -0.2) is 48.6 Å². The summed E-state index contributed by atoms with van der Waals surface area (Å²) >= 11 is 0. The Balaban J connectivity index is 2.79. The third-order valence-electron chi connectivity index (χ3n) is 3.18. The molecule has 18 heavy (non-hydrogen) atoms. The van der Waals surface area contributed by atoms with E-state index >= 15 is 0 Å². The van der Waals surface area contributed by atoms with Crippen LogP contribution in [0.3, 0.4) is 0 Å². The molecular weight excluding hydrogens is 232 g/mol. The van der Waals surface area contributed by atoms with Gasteiger partial charge in [-0.2, -0.15) is 0 Å². The van der Waals surface area contributed by atoms with Gasteiger partial charge in [0.1, 0.15) is 0 Å². The Bertz CT molecular complexity index is 306. The fourth-order valence-electron chi connectivity index (χ4n) is 2.32. The molecule has 0 aromatic carbocycles. The second-order valence-electron chi connectivity index (χ2n) is 4.87. The number of rotatable bonds is 4. The number of hydrogen-bond acceptors (Lipinski definition) is 3. The van der Waals surface area contributed by atoms with E-state index in [1.54, 1.807) is 0 Å². The maximum Gasteiger partial charge on any atom is 0.225 e. The molecule has 1 saturated heterocycles. The molecule has 0 aromatic rings. The Hall–Kier alpha value is -1.30. The standard InChI is InChI=1S/C12H24N4O2/c1-4-16(11(17)8(2)3)10-5-6-18-7-9(10)15-12(13)14/h8-10H,4-7H2,1-3H3,(H4,13,14,15). The molecule has 2 atom stereocenters. The second-order valence-corrected chi connectivity index (χ2v) is 4.87. The topological polar surface area (TPSA) is 91.4 Å². The summed E-state index contributed by atoms with van der Waals surface area (Å²) in [6.07, 6.45) is 0.775. The van der Waals surface area contributed by atoms with E-state index < -0.39 is 0 Å². The number of carbonyl (C=O) groups is 1. The quantitative estimate of drug-likeness (QED) is 0.492. The van der Waals surface area contributed by atoms with Gasteiger partial charge in [-0.25, -0.2) is 0 Å². The molecule has 0 aromatic heterocycles. The molecule has 0 radical (unpaired) electrons. The lowest BCUT2D eigenvalue weighted by molar-refractivity contribution is -0.139. The molecule has 1 aliphatic heterocycles. The molecule has 0 saturated carbocycles. The zero-order valence-electron chi connectivity index (χ0n) is 11.4. The Morgan fingerprint density at radius 1 is 1.61 bits per heavy atom. The van der Waals surface area contributed by atoms with Gasteiger partial charge in [-0.3, -0.25) is 10.2 Å². The first kappa shape index (κ1) is 14.8. The Kier molecular flexibility index (Phi) is 5.40. The van der Waals surface area contributed by atoms with Crippen molar-refractivity contribution >= 4 is 11.9 Å². The lowest BCUT2D eigenvalue weighted by Gasteiger charge is -2.40. The minimum atomic E-state index is -0.0982. The maximum atomic E-state index is 12.2. The van der Waals surface area contributed by atoms with E-state index in [9.17, 15) is 4.79 Å². The molecule has 1 fully saturated rings. The Morgan fingerprint density at radius 3 is 2.78 bits per heavy atom. The largest absolute Gasteiger partial charge is 0.379 e. The summed E-state index contributed by atoms with van der Waals surface area (Å²) in [6.45, 7) is 7.56. The van der Waals surface area contributed by atoms with E-state index in [2.05, 4.69) is 5.32 Å². The van der Waals surface area contributed by atoms with E-state index in [-0.39, 0.29) is 29.9 Å². The lowest BCUT2D eigenvalue weighted by Crippen LogP contribution is -2.59. The van der Waals surface area contributed by atoms with Crippen LogP contribution in [0.25, 0.3) is 0 Å². The predicted octanol–water partition coefficient (Wildman–Crippen LogP) is 0.131. The minimum Gasteiger partial charge on any atom is -0.379 e. The van der Waals surface area contributed by atoms with Gasteiger partial charge in [0.2, 0.25) is 5.91 Å². The summed E-state index contributed by atoms with van der Waals surface area (Å²) in [4.78, 5) is 14.0. The van der Waals surface area contributed by atoms with Gasteiger partial charge in [-0.05, 0) is 13.3 Å². The number of nitrogens with zero attached hydrogens (tertiary/aromatic N) is 1. The van der Waals surface area contributed by atoms with E-state index in [0.29, 0.717) is 19.8 Å². The number of nitrogens with one attached hydrogen (secondary N) is 2. The summed E-state index contributed by atoms with van der Waals surface area (Å²) < 4.78 is 5.40. The van der Waals surface area contributed by atoms with E-state index in [4.69, 9.17) is 15.9 Å². The van der Waals surface area contributed by atoms with Crippen LogP contribution < -0.4 is 11.1 Å². The third-order valence-corrected chi connectivity index (χ3v) is 3.18. The van der Waals surface area contributed by atoms with Gasteiger partial charge in [-0.1, -0.05) is 13.8 Å². The van der Waals surface area contributed by atoms with Crippen LogP contribution in [0, 0.1) is 11.3 Å². The summed E-state index contributed by atoms with van der Waals surface area (Å²) in [5.74, 6) is 0.0362. The fourth-order valence-corrected chi connectivity index (χ4v) is 2.32. The van der Waals surface area contributed by atoms with Crippen molar-refractivity contribution in [2.24, 2.45) is 11.7 Å². The van der Waals surface area contributed by atoms with Crippen LogP contribution in [0.15, 0.2) is 0 Å². The zero-order valence-corrected chi connectivity index (χ0v) is 11.4. The molecule has 104 valence electrons. The van der Waals surface area contributed by atoms with Gasteiger partial charge in [0, 0.05) is 19.1 Å². The zero-order chi connectivity index (χ0) is 13.7. The fraction of sp³-hybridized carbons (Fsp3) is 0.833. The number of hydrogen-bond donors (Lipinski definition) is 3. The van der Waals surface area contributed by atoms with Crippen molar-refractivity contribution < 1.29 is 9.53 Å². The predicted molar refractivity (Wildman–Crippen MR) is 70.3 cm³/mol. The lowest BCUT2D eigenvalue weighted by atomic mass is 9.99. The van der Waals surface area contributed by atoms with Crippen molar-refractivity contribution in [2.45, 2.75) is 39.3 Å². The van der Waals surface area contributed by atoms with Crippen LogP contribution in [0.1, 0.15) is 27.2 Å². The highest BCUT2D eigenvalue weighted by Gasteiger charge is 2.33. The van der Waals surface area contributed by atoms with Crippen molar-refractivity contribution in [3.05, 3.63) is 0 Å². The Labute approximate surface area is 108 Å². The van der Waals surface area contributed by atoms with Gasteiger partial charge in [0.05, 0.1) is 18.7 Å². The van der Waals surface area contributed by atoms with Crippen LogP contribution >= 0.6 is 0 Å².